The van der Waals surface area contributed by atoms with Crippen LogP contribution in [0.4, 0.5) is 5.69 Å². The maximum absolute atomic E-state index is 5.37. The summed E-state index contributed by atoms with van der Waals surface area (Å²) < 4.78 is 10.7. The third-order valence-electron chi connectivity index (χ3n) is 3.70. The van der Waals surface area contributed by atoms with Crippen LogP contribution in [0.2, 0.25) is 0 Å². The van der Waals surface area contributed by atoms with Gasteiger partial charge >= 0.3 is 17.1 Å². The maximum atomic E-state index is 5.37. The second-order valence-corrected chi connectivity index (χ2v) is 5.23. The Morgan fingerprint density at radius 2 is 1.58 bits per heavy atom. The van der Waals surface area contributed by atoms with Crippen LogP contribution in [-0.4, -0.2) is 6.79 Å². The first kappa shape index (κ1) is 16.3. The molecule has 24 heavy (non-hydrogen) atoms. The average Bonchev–Trinajstić information content (AvgIpc) is 3.36. The van der Waals surface area contributed by atoms with Crippen molar-refractivity contribution in [3.05, 3.63) is 95.0 Å². The zero-order chi connectivity index (χ0) is 15.5. The number of ether oxygens (including phenoxy) is 2. The van der Waals surface area contributed by atoms with Crippen LogP contribution in [0.15, 0.2) is 84.1 Å². The molecule has 4 heteroatoms. The molecule has 0 amide bonds. The van der Waals surface area contributed by atoms with Crippen molar-refractivity contribution in [2.75, 3.05) is 6.79 Å². The summed E-state index contributed by atoms with van der Waals surface area (Å²) in [6.45, 7) is 0.293. The van der Waals surface area contributed by atoms with Gasteiger partial charge in [-0.15, -0.1) is 11.4 Å². The van der Waals surface area contributed by atoms with Gasteiger partial charge in [-0.25, -0.2) is 12.1 Å². The second-order valence-electron chi connectivity index (χ2n) is 5.23. The minimum Gasteiger partial charge on any atom is -0.657 e. The van der Waals surface area contributed by atoms with E-state index in [9.17, 15) is 0 Å². The summed E-state index contributed by atoms with van der Waals surface area (Å²) >= 11 is 0. The van der Waals surface area contributed by atoms with Crippen molar-refractivity contribution in [1.29, 1.82) is 0 Å². The molecule has 2 aliphatic heterocycles. The van der Waals surface area contributed by atoms with Gasteiger partial charge in [-0.1, -0.05) is 36.5 Å². The van der Waals surface area contributed by atoms with E-state index in [1.807, 2.05) is 60.7 Å². The van der Waals surface area contributed by atoms with E-state index >= 15 is 0 Å². The second kappa shape index (κ2) is 7.35. The molecule has 0 bridgehead atoms. The summed E-state index contributed by atoms with van der Waals surface area (Å²) in [5.74, 6) is 1.57. The molecule has 0 unspecified atom stereocenters. The standard InChI is InChI=1S/C15H10NO2.C5H5.Fe/c1-2-4-10(3-1)12-6-5-11-7-14-15(18-9-17-14)8-13(11)16-12;1-2-4-5-3-1;/h1-8H,9H2;1-5H;/q2*-1;+2. The molecule has 3 nitrogen and oxygen atoms in total. The van der Waals surface area contributed by atoms with Crippen molar-refractivity contribution in [1.82, 2.24) is 0 Å². The van der Waals surface area contributed by atoms with Gasteiger partial charge in [-0.2, -0.15) is 18.2 Å². The first-order valence-electron chi connectivity index (χ1n) is 7.49. The Hall–Kier alpha value is -2.55. The Bertz CT molecular complexity index is 798. The summed E-state index contributed by atoms with van der Waals surface area (Å²) in [6, 6.07) is 13.9. The zero-order valence-electron chi connectivity index (χ0n) is 12.8. The monoisotopic (exact) mass is 357 g/mol. The van der Waals surface area contributed by atoms with Crippen molar-refractivity contribution < 1.29 is 26.5 Å². The molecule has 0 spiro atoms. The van der Waals surface area contributed by atoms with Crippen molar-refractivity contribution in [3.8, 4) is 11.5 Å². The molecule has 5 rings (SSSR count). The molecule has 3 aliphatic rings. The van der Waals surface area contributed by atoms with E-state index in [2.05, 4.69) is 23.5 Å². The smallest absolute Gasteiger partial charge is 0.657 e. The van der Waals surface area contributed by atoms with Crippen LogP contribution < -0.4 is 9.47 Å². The molecule has 0 atom stereocenters. The summed E-state index contributed by atoms with van der Waals surface area (Å²) in [4.78, 5) is 0. The molecular formula is C20H15FeNO2. The fourth-order valence-corrected chi connectivity index (χ4v) is 2.54. The van der Waals surface area contributed by atoms with Crippen LogP contribution in [0.3, 0.4) is 0 Å². The van der Waals surface area contributed by atoms with Crippen molar-refractivity contribution >= 4 is 11.8 Å². The Kier molecular flexibility index (Phi) is 4.99. The quantitative estimate of drug-likeness (QED) is 0.478. The minimum absolute atomic E-state index is 0. The fourth-order valence-electron chi connectivity index (χ4n) is 2.54. The SMILES string of the molecule is C1=CC(=C2C=Cc3cc4c(cc3[N-]2)OCO4)C=C1.[Fe+2].c1cc[cH-]c1. The summed E-state index contributed by atoms with van der Waals surface area (Å²) in [6.07, 6.45) is 12.2. The van der Waals surface area contributed by atoms with Gasteiger partial charge in [-0.3, -0.25) is 0 Å². The Morgan fingerprint density at radius 3 is 2.25 bits per heavy atom. The first-order valence-corrected chi connectivity index (χ1v) is 7.49. The summed E-state index contributed by atoms with van der Waals surface area (Å²) in [5.41, 5.74) is 4.11. The number of fused-ring (bicyclic) bond motifs is 2. The van der Waals surface area contributed by atoms with Gasteiger partial charge in [0, 0.05) is 0 Å². The third kappa shape index (κ3) is 3.35. The normalized spacial score (nSPS) is 15.3. The molecule has 1 aliphatic carbocycles. The first-order chi connectivity index (χ1) is 11.4. The summed E-state index contributed by atoms with van der Waals surface area (Å²) in [7, 11) is 0. The molecule has 0 N–H and O–H groups in total. The van der Waals surface area contributed by atoms with Crippen LogP contribution in [0.25, 0.3) is 11.4 Å². The summed E-state index contributed by atoms with van der Waals surface area (Å²) in [5, 5.41) is 4.66. The number of nitrogens with zero attached hydrogens (tertiary/aromatic N) is 1. The molecule has 0 fully saturated rings. The molecule has 2 heterocycles. The predicted molar refractivity (Wildman–Crippen MR) is 92.0 cm³/mol. The van der Waals surface area contributed by atoms with Crippen LogP contribution in [-0.2, 0) is 17.1 Å². The minimum atomic E-state index is 0. The fraction of sp³-hybridized carbons (Fsp3) is 0.0500. The van der Waals surface area contributed by atoms with E-state index in [4.69, 9.17) is 9.47 Å². The number of allylic oxidation sites excluding steroid dienone is 6. The van der Waals surface area contributed by atoms with Gasteiger partial charge in [0.1, 0.15) is 0 Å². The number of rotatable bonds is 0. The van der Waals surface area contributed by atoms with Gasteiger partial charge in [0.05, 0.1) is 0 Å². The molecular weight excluding hydrogens is 342 g/mol. The van der Waals surface area contributed by atoms with Crippen LogP contribution in [0.1, 0.15) is 5.56 Å². The molecule has 0 aromatic heterocycles. The molecule has 0 saturated carbocycles. The Morgan fingerprint density at radius 1 is 0.875 bits per heavy atom. The molecule has 120 valence electrons. The molecule has 2 aromatic rings. The predicted octanol–water partition coefficient (Wildman–Crippen LogP) is 5.23. The number of hydrogen-bond acceptors (Lipinski definition) is 2. The van der Waals surface area contributed by atoms with Crippen molar-refractivity contribution in [2.24, 2.45) is 0 Å². The van der Waals surface area contributed by atoms with Crippen molar-refractivity contribution in [2.45, 2.75) is 0 Å². The van der Waals surface area contributed by atoms with Gasteiger partial charge in [0.15, 0.2) is 11.5 Å². The van der Waals surface area contributed by atoms with Crippen LogP contribution in [0.5, 0.6) is 11.5 Å². The van der Waals surface area contributed by atoms with E-state index < -0.39 is 0 Å². The molecule has 0 saturated heterocycles. The van der Waals surface area contributed by atoms with E-state index in [-0.39, 0.29) is 17.1 Å². The Balaban J connectivity index is 0.000000245. The zero-order valence-corrected chi connectivity index (χ0v) is 13.9. The van der Waals surface area contributed by atoms with Gasteiger partial charge in [0.2, 0.25) is 6.79 Å². The van der Waals surface area contributed by atoms with Gasteiger partial charge in [-0.05, 0) is 23.3 Å². The Labute approximate surface area is 151 Å². The number of hydrogen-bond donors (Lipinski definition) is 0. The largest absolute Gasteiger partial charge is 2.00 e. The molecule has 0 radical (unpaired) electrons. The average molecular weight is 357 g/mol. The van der Waals surface area contributed by atoms with E-state index in [0.29, 0.717) is 6.79 Å². The number of benzene rings is 1. The van der Waals surface area contributed by atoms with Crippen LogP contribution >= 0.6 is 0 Å². The van der Waals surface area contributed by atoms with Gasteiger partial charge in [0.25, 0.3) is 0 Å². The van der Waals surface area contributed by atoms with Crippen LogP contribution in [0, 0.1) is 0 Å². The third-order valence-corrected chi connectivity index (χ3v) is 3.70. The topological polar surface area (TPSA) is 32.6 Å². The maximum Gasteiger partial charge on any atom is 2.00 e. The molecule has 2 aromatic carbocycles. The van der Waals surface area contributed by atoms with Crippen molar-refractivity contribution in [3.63, 3.8) is 0 Å². The van der Waals surface area contributed by atoms with E-state index in [1.165, 1.54) is 0 Å². The van der Waals surface area contributed by atoms with E-state index in [0.717, 1.165) is 34.0 Å². The van der Waals surface area contributed by atoms with E-state index in [1.54, 1.807) is 0 Å². The van der Waals surface area contributed by atoms with Gasteiger partial charge < -0.3 is 14.8 Å².